The van der Waals surface area contributed by atoms with Crippen LogP contribution >= 0.6 is 0 Å². The monoisotopic (exact) mass is 183 g/mol. The van der Waals surface area contributed by atoms with Crippen molar-refractivity contribution in [2.24, 2.45) is 0 Å². The fourth-order valence-electron chi connectivity index (χ4n) is 0.705. The van der Waals surface area contributed by atoms with Crippen LogP contribution in [-0.4, -0.2) is 22.9 Å². The van der Waals surface area contributed by atoms with Gasteiger partial charge in [0.25, 0.3) is 0 Å². The van der Waals surface area contributed by atoms with Crippen LogP contribution in [0.2, 0.25) is 4.18 Å². The average Bonchev–Trinajstić information content (AvgIpc) is 1.86. The second kappa shape index (κ2) is 2.06. The van der Waals surface area contributed by atoms with Gasteiger partial charge in [-0.1, -0.05) is 0 Å². The first kappa shape index (κ1) is 4.76. The summed E-state index contributed by atoms with van der Waals surface area (Å²) in [6.45, 7) is 2.29. The third-order valence-corrected chi connectivity index (χ3v) is 5.39. The van der Waals surface area contributed by atoms with Gasteiger partial charge in [0, 0.05) is 0 Å². The second-order valence-electron chi connectivity index (χ2n) is 1.73. The third kappa shape index (κ3) is 1.04. The van der Waals surface area contributed by atoms with Gasteiger partial charge in [0.15, 0.2) is 0 Å². The van der Waals surface area contributed by atoms with Gasteiger partial charge in [0.05, 0.1) is 0 Å². The summed E-state index contributed by atoms with van der Waals surface area (Å²) in [6.07, 6.45) is 3.81. The summed E-state index contributed by atoms with van der Waals surface area (Å²) in [7, 11) is 0. The molecule has 1 rings (SSSR count). The molecule has 1 aliphatic heterocycles. The molecule has 0 aromatic rings. The molecule has 0 N–H and O–H groups in total. The van der Waals surface area contributed by atoms with Crippen molar-refractivity contribution in [2.45, 2.75) is 17.5 Å². The zero-order valence-corrected chi connectivity index (χ0v) is 7.36. The van der Waals surface area contributed by atoms with Crippen LogP contribution in [-0.2, 0) is 0 Å². The molecular weight excluding hydrogens is 175 g/mol. The molecule has 31 valence electrons. The van der Waals surface area contributed by atoms with E-state index in [1.54, 1.807) is 7.51 Å². The molecule has 0 atom stereocenters. The normalized spacial score (nSPS) is 19.8. The Labute approximate surface area is 50.0 Å². The Hall–Kier alpha value is 0.610. The fraction of sp³-hybridized carbons (Fsp3) is 0.600. The topological polar surface area (TPSA) is 0 Å². The van der Waals surface area contributed by atoms with Crippen LogP contribution in [0.25, 0.3) is 0 Å². The summed E-state index contributed by atoms with van der Waals surface area (Å²) in [5.41, 5.74) is 0. The van der Waals surface area contributed by atoms with Crippen LogP contribution < -0.4 is 0 Å². The summed E-state index contributed by atoms with van der Waals surface area (Å²) in [6, 6.07) is 0. The number of hydrogen-bond donors (Lipinski definition) is 0. The van der Waals surface area contributed by atoms with E-state index in [0.29, 0.717) is 0 Å². The predicted molar refractivity (Wildman–Crippen MR) is 28.9 cm³/mol. The van der Waals surface area contributed by atoms with E-state index in [2.05, 4.69) is 13.0 Å². The zero-order valence-electron chi connectivity index (χ0n) is 4.07. The maximum atomic E-state index is 2.40. The van der Waals surface area contributed by atoms with E-state index in [9.17, 15) is 0 Å². The minimum atomic E-state index is -0.0461. The van der Waals surface area contributed by atoms with Crippen LogP contribution in [0.15, 0.2) is 9.41 Å². The number of allylic oxidation sites excluding steroid dienone is 2. The summed E-state index contributed by atoms with van der Waals surface area (Å²) in [4.78, 5) is 0. The Morgan fingerprint density at radius 1 is 1.83 bits per heavy atom. The molecule has 1 aliphatic rings. The van der Waals surface area contributed by atoms with E-state index in [1.807, 2.05) is 0 Å². The first-order chi connectivity index (χ1) is 2.89. The van der Waals surface area contributed by atoms with Gasteiger partial charge in [-0.05, 0) is 0 Å². The van der Waals surface area contributed by atoms with Crippen LogP contribution in [0.3, 0.4) is 0 Å². The second-order valence-corrected chi connectivity index (χ2v) is 7.14. The maximum absolute atomic E-state index is 2.40. The van der Waals surface area contributed by atoms with Gasteiger partial charge in [-0.15, -0.1) is 0 Å². The molecule has 1 heteroatoms. The average molecular weight is 183 g/mol. The fourth-order valence-corrected chi connectivity index (χ4v) is 3.91. The molecule has 0 aliphatic carbocycles. The Bertz CT molecular complexity index is 74.0. The molecule has 0 bridgehead atoms. The van der Waals surface area contributed by atoms with Gasteiger partial charge in [-0.3, -0.25) is 0 Å². The van der Waals surface area contributed by atoms with E-state index in [4.69, 9.17) is 0 Å². The van der Waals surface area contributed by atoms with Crippen molar-refractivity contribution in [3.8, 4) is 0 Å². The first-order valence-electron chi connectivity index (χ1n) is 2.39. The predicted octanol–water partition coefficient (Wildman–Crippen LogP) is 1.42. The van der Waals surface area contributed by atoms with Crippen LogP contribution in [0.5, 0.6) is 0 Å². The Morgan fingerprint density at radius 3 is 2.83 bits per heavy atom. The van der Waals surface area contributed by atoms with E-state index >= 15 is 0 Å². The van der Waals surface area contributed by atoms with Gasteiger partial charge < -0.3 is 0 Å². The summed E-state index contributed by atoms with van der Waals surface area (Å²) in [5.74, 6) is 0. The molecule has 0 spiro atoms. The van der Waals surface area contributed by atoms with Crippen molar-refractivity contribution < 1.29 is 0 Å². The SMILES string of the molecule is C[C]1=CC[CH2][In]1. The standard InChI is InChI=1S/C5H8.In/c1-3-5-4-2;/h5H,1,3H2,2H3;. The van der Waals surface area contributed by atoms with Crippen molar-refractivity contribution >= 4 is 22.9 Å². The molecule has 0 nitrogen and oxygen atoms in total. The molecule has 6 heavy (non-hydrogen) atoms. The van der Waals surface area contributed by atoms with Gasteiger partial charge in [-0.25, -0.2) is 0 Å². The molecule has 0 amide bonds. The van der Waals surface area contributed by atoms with E-state index in [-0.39, 0.29) is 22.9 Å². The first-order valence-corrected chi connectivity index (χ1v) is 6.37. The van der Waals surface area contributed by atoms with Crippen molar-refractivity contribution in [3.05, 3.63) is 9.41 Å². The Kier molecular flexibility index (Phi) is 1.63. The summed E-state index contributed by atoms with van der Waals surface area (Å²) < 4.78 is 3.35. The Morgan fingerprint density at radius 2 is 2.67 bits per heavy atom. The van der Waals surface area contributed by atoms with Crippen LogP contribution in [0, 0.1) is 0 Å². The van der Waals surface area contributed by atoms with Gasteiger partial charge in [-0.2, -0.15) is 0 Å². The molecule has 0 aromatic carbocycles. The van der Waals surface area contributed by atoms with Crippen molar-refractivity contribution in [2.75, 3.05) is 0 Å². The van der Waals surface area contributed by atoms with E-state index in [1.165, 1.54) is 6.42 Å². The van der Waals surface area contributed by atoms with Crippen molar-refractivity contribution in [1.29, 1.82) is 0 Å². The van der Waals surface area contributed by atoms with Crippen LogP contribution in [0.4, 0.5) is 0 Å². The summed E-state index contributed by atoms with van der Waals surface area (Å²) in [5, 5.41) is 0. The molecule has 0 saturated heterocycles. The molecule has 0 unspecified atom stereocenters. The van der Waals surface area contributed by atoms with Gasteiger partial charge in [0.2, 0.25) is 0 Å². The van der Waals surface area contributed by atoms with Gasteiger partial charge in [0.1, 0.15) is 0 Å². The van der Waals surface area contributed by atoms with E-state index < -0.39 is 0 Å². The number of hydrogen-bond acceptors (Lipinski definition) is 0. The van der Waals surface area contributed by atoms with Crippen LogP contribution in [0.1, 0.15) is 13.3 Å². The quantitative estimate of drug-likeness (QED) is 0.532. The summed E-state index contributed by atoms with van der Waals surface area (Å²) >= 11 is -0.0461. The van der Waals surface area contributed by atoms with Gasteiger partial charge >= 0.3 is 49.8 Å². The molecule has 0 fully saturated rings. The van der Waals surface area contributed by atoms with Crippen molar-refractivity contribution in [1.82, 2.24) is 0 Å². The molecular formula is C5H8In. The molecule has 1 radical (unpaired) electrons. The molecule has 0 aromatic heterocycles. The minimum absolute atomic E-state index is 0.0461. The van der Waals surface area contributed by atoms with E-state index in [0.717, 1.165) is 0 Å². The molecule has 0 saturated carbocycles. The zero-order chi connectivity index (χ0) is 4.41. The number of rotatable bonds is 0. The molecule has 1 heterocycles. The van der Waals surface area contributed by atoms with Crippen molar-refractivity contribution in [3.63, 3.8) is 0 Å². The third-order valence-electron chi connectivity index (χ3n) is 1.10. The Balaban J connectivity index is 2.45.